The molecule has 0 amide bonds. The molecule has 0 aliphatic heterocycles. The molecular formula is C20H25F3N4O. The highest BCUT2D eigenvalue weighted by Crippen LogP contribution is 2.32. The predicted molar refractivity (Wildman–Crippen MR) is 105 cm³/mol. The number of aromatic nitrogens is 2. The van der Waals surface area contributed by atoms with Crippen molar-refractivity contribution in [3.63, 3.8) is 0 Å². The van der Waals surface area contributed by atoms with Crippen molar-refractivity contribution in [3.8, 4) is 0 Å². The van der Waals surface area contributed by atoms with Gasteiger partial charge in [-0.15, -0.1) is 0 Å². The Labute approximate surface area is 162 Å². The highest BCUT2D eigenvalue weighted by atomic mass is 19.4. The van der Waals surface area contributed by atoms with Crippen LogP contribution in [0.2, 0.25) is 0 Å². The number of benzene rings is 1. The molecule has 0 atom stereocenters. The van der Waals surface area contributed by atoms with E-state index in [0.29, 0.717) is 24.7 Å². The molecule has 2 aromatic rings. The van der Waals surface area contributed by atoms with Crippen LogP contribution in [0.15, 0.2) is 30.3 Å². The van der Waals surface area contributed by atoms with E-state index in [1.165, 1.54) is 12.1 Å². The van der Waals surface area contributed by atoms with Crippen LogP contribution >= 0.6 is 0 Å². The van der Waals surface area contributed by atoms with Crippen LogP contribution in [0, 0.1) is 6.92 Å². The minimum absolute atomic E-state index is 0.163. The molecule has 0 saturated heterocycles. The van der Waals surface area contributed by atoms with E-state index in [-0.39, 0.29) is 5.95 Å². The highest BCUT2D eigenvalue weighted by Gasteiger charge is 2.30. The van der Waals surface area contributed by atoms with Gasteiger partial charge in [0.1, 0.15) is 5.82 Å². The Hall–Kier alpha value is -2.61. The molecule has 0 radical (unpaired) electrons. The van der Waals surface area contributed by atoms with E-state index in [9.17, 15) is 13.2 Å². The summed E-state index contributed by atoms with van der Waals surface area (Å²) in [6.07, 6.45) is -0.569. The lowest BCUT2D eigenvalue weighted by Gasteiger charge is -2.22. The average molecular weight is 394 g/mol. The Morgan fingerprint density at radius 3 is 2.29 bits per heavy atom. The number of rotatable bonds is 7. The van der Waals surface area contributed by atoms with Gasteiger partial charge in [-0.25, -0.2) is 4.98 Å². The zero-order valence-electron chi connectivity index (χ0n) is 16.4. The van der Waals surface area contributed by atoms with Crippen molar-refractivity contribution in [3.05, 3.63) is 52.7 Å². The monoisotopic (exact) mass is 394 g/mol. The number of nitrogens with zero attached hydrogens (tertiary/aromatic N) is 2. The number of ether oxygens (including phenoxy) is 1. The molecular weight excluding hydrogens is 369 g/mol. The Morgan fingerprint density at radius 2 is 1.71 bits per heavy atom. The molecule has 1 aromatic heterocycles. The third kappa shape index (κ3) is 5.45. The van der Waals surface area contributed by atoms with Crippen molar-refractivity contribution in [2.45, 2.75) is 32.4 Å². The molecule has 0 saturated carbocycles. The van der Waals surface area contributed by atoms with E-state index in [2.05, 4.69) is 15.3 Å². The summed E-state index contributed by atoms with van der Waals surface area (Å²) in [6.45, 7) is 6.73. The zero-order chi connectivity index (χ0) is 20.9. The maximum Gasteiger partial charge on any atom is 0.416 e. The summed E-state index contributed by atoms with van der Waals surface area (Å²) in [6, 6.07) is 5.19. The minimum Gasteiger partial charge on any atom is -0.383 e. The van der Waals surface area contributed by atoms with Gasteiger partial charge in [-0.05, 0) is 24.6 Å². The zero-order valence-corrected chi connectivity index (χ0v) is 16.4. The van der Waals surface area contributed by atoms with Gasteiger partial charge >= 0.3 is 6.18 Å². The first-order chi connectivity index (χ1) is 13.0. The molecule has 1 heterocycles. The summed E-state index contributed by atoms with van der Waals surface area (Å²) >= 11 is 0. The number of nitrogen functional groups attached to an aromatic ring is 1. The number of aryl methyl sites for hydroxylation is 1. The summed E-state index contributed by atoms with van der Waals surface area (Å²) < 4.78 is 43.4. The van der Waals surface area contributed by atoms with E-state index in [1.54, 1.807) is 7.11 Å². The molecule has 0 bridgehead atoms. The van der Waals surface area contributed by atoms with E-state index in [0.717, 1.165) is 23.3 Å². The van der Waals surface area contributed by atoms with E-state index in [4.69, 9.17) is 10.5 Å². The third-order valence-corrected chi connectivity index (χ3v) is 4.38. The molecule has 3 N–H and O–H groups in total. The number of nitrogens with one attached hydrogen (secondary N) is 1. The van der Waals surface area contributed by atoms with Gasteiger partial charge < -0.3 is 15.8 Å². The second-order valence-electron chi connectivity index (χ2n) is 6.98. The normalized spacial score (nSPS) is 12.5. The smallest absolute Gasteiger partial charge is 0.383 e. The van der Waals surface area contributed by atoms with Gasteiger partial charge in [-0.2, -0.15) is 18.2 Å². The van der Waals surface area contributed by atoms with Crippen molar-refractivity contribution in [2.75, 3.05) is 31.3 Å². The van der Waals surface area contributed by atoms with Crippen LogP contribution < -0.4 is 11.1 Å². The molecule has 0 aliphatic rings. The fraction of sp³-hybridized carbons (Fsp3) is 0.400. The van der Waals surface area contributed by atoms with Crippen LogP contribution in [-0.4, -0.2) is 30.2 Å². The lowest BCUT2D eigenvalue weighted by Crippen LogP contribution is -2.15. The molecule has 8 heteroatoms. The molecule has 2 rings (SSSR count). The first-order valence-corrected chi connectivity index (χ1v) is 8.78. The summed E-state index contributed by atoms with van der Waals surface area (Å²) in [4.78, 5) is 8.44. The van der Waals surface area contributed by atoms with Crippen molar-refractivity contribution >= 4 is 17.8 Å². The summed E-state index contributed by atoms with van der Waals surface area (Å²) in [5, 5.41) is 3.16. The molecule has 28 heavy (non-hydrogen) atoms. The summed E-state index contributed by atoms with van der Waals surface area (Å²) in [7, 11) is 1.61. The highest BCUT2D eigenvalue weighted by molar-refractivity contribution is 5.67. The Kier molecular flexibility index (Phi) is 6.66. The maximum atomic E-state index is 12.8. The summed E-state index contributed by atoms with van der Waals surface area (Å²) in [5.74, 6) is 0.748. The lowest BCUT2D eigenvalue weighted by atomic mass is 9.83. The van der Waals surface area contributed by atoms with Gasteiger partial charge in [0.2, 0.25) is 5.95 Å². The third-order valence-electron chi connectivity index (χ3n) is 4.38. The first-order valence-electron chi connectivity index (χ1n) is 8.78. The molecule has 5 nitrogen and oxygen atoms in total. The number of alkyl halides is 3. The van der Waals surface area contributed by atoms with E-state index >= 15 is 0 Å². The lowest BCUT2D eigenvalue weighted by molar-refractivity contribution is -0.137. The van der Waals surface area contributed by atoms with Crippen LogP contribution in [0.4, 0.5) is 24.9 Å². The topological polar surface area (TPSA) is 73.1 Å². The van der Waals surface area contributed by atoms with Crippen molar-refractivity contribution in [2.24, 2.45) is 0 Å². The number of hydrogen-bond donors (Lipinski definition) is 2. The Balaban J connectivity index is 2.30. The first kappa shape index (κ1) is 21.7. The number of methoxy groups -OCH3 is 1. The molecule has 1 aromatic carbocycles. The quantitative estimate of drug-likeness (QED) is 0.680. The van der Waals surface area contributed by atoms with Crippen LogP contribution in [-0.2, 0) is 16.3 Å². The number of nitrogens with two attached hydrogens (primary N) is 1. The fourth-order valence-corrected chi connectivity index (χ4v) is 2.69. The molecule has 0 unspecified atom stereocenters. The molecule has 0 aliphatic carbocycles. The number of anilines is 2. The van der Waals surface area contributed by atoms with Gasteiger partial charge in [-0.1, -0.05) is 38.1 Å². The second kappa shape index (κ2) is 8.60. The van der Waals surface area contributed by atoms with Gasteiger partial charge in [-0.3, -0.25) is 0 Å². The van der Waals surface area contributed by atoms with E-state index < -0.39 is 17.2 Å². The van der Waals surface area contributed by atoms with Crippen LogP contribution in [0.3, 0.4) is 0 Å². The molecule has 0 fully saturated rings. The Morgan fingerprint density at radius 1 is 1.11 bits per heavy atom. The largest absolute Gasteiger partial charge is 0.416 e. The van der Waals surface area contributed by atoms with Crippen molar-refractivity contribution < 1.29 is 17.9 Å². The summed E-state index contributed by atoms with van der Waals surface area (Å²) in [5.41, 5.74) is 6.82. The fourth-order valence-electron chi connectivity index (χ4n) is 2.69. The van der Waals surface area contributed by atoms with Gasteiger partial charge in [0.15, 0.2) is 0 Å². The maximum absolute atomic E-state index is 12.8. The second-order valence-corrected chi connectivity index (χ2v) is 6.98. The predicted octanol–water partition coefficient (Wildman–Crippen LogP) is 4.44. The number of halogens is 3. The van der Waals surface area contributed by atoms with Gasteiger partial charge in [0.25, 0.3) is 0 Å². The average Bonchev–Trinajstić information content (AvgIpc) is 2.60. The minimum atomic E-state index is -4.35. The van der Waals surface area contributed by atoms with Gasteiger partial charge in [0, 0.05) is 24.6 Å². The molecule has 0 spiro atoms. The standard InChI is InChI=1S/C20H25F3N4O/c1-13-16(17(25-11-12-28-4)27-18(24)26-13)9-10-19(2,3)14-5-7-15(8-6-14)20(21,22)23/h5-10H,11-12H2,1-4H3,(H3,24,25,26,27)/b10-9+. The SMILES string of the molecule is COCCNc1nc(N)nc(C)c1/C=C/C(C)(C)c1ccc(C(F)(F)F)cc1. The number of hydrogen-bond acceptors (Lipinski definition) is 5. The van der Waals surface area contributed by atoms with Crippen molar-refractivity contribution in [1.82, 2.24) is 9.97 Å². The van der Waals surface area contributed by atoms with Crippen LogP contribution in [0.5, 0.6) is 0 Å². The van der Waals surface area contributed by atoms with Crippen LogP contribution in [0.1, 0.15) is 36.2 Å². The van der Waals surface area contributed by atoms with E-state index in [1.807, 2.05) is 32.9 Å². The Bertz CT molecular complexity index is 831. The van der Waals surface area contributed by atoms with Gasteiger partial charge in [0.05, 0.1) is 17.9 Å². The molecule has 152 valence electrons. The number of allylic oxidation sites excluding steroid dienone is 1. The van der Waals surface area contributed by atoms with Crippen molar-refractivity contribution in [1.29, 1.82) is 0 Å². The van der Waals surface area contributed by atoms with Crippen LogP contribution in [0.25, 0.3) is 6.08 Å².